The molecule has 0 saturated carbocycles. The van der Waals surface area contributed by atoms with Crippen LogP contribution in [-0.2, 0) is 6.42 Å². The first kappa shape index (κ1) is 15.1. The lowest BCUT2D eigenvalue weighted by atomic mass is 10.1. The summed E-state index contributed by atoms with van der Waals surface area (Å²) >= 11 is 1.59. The largest absolute Gasteiger partial charge is 0.381 e. The van der Waals surface area contributed by atoms with Gasteiger partial charge < -0.3 is 11.1 Å². The number of thiazole rings is 1. The molecule has 6 nitrogen and oxygen atoms in total. The van der Waals surface area contributed by atoms with Crippen molar-refractivity contribution in [1.82, 2.24) is 15.2 Å². The van der Waals surface area contributed by atoms with Gasteiger partial charge in [0.1, 0.15) is 11.6 Å². The maximum Gasteiger partial charge on any atom is 0.183 e. The van der Waals surface area contributed by atoms with Crippen molar-refractivity contribution >= 4 is 22.3 Å². The number of benzene rings is 1. The van der Waals surface area contributed by atoms with Crippen LogP contribution in [0.15, 0.2) is 35.7 Å². The second-order valence-electron chi connectivity index (χ2n) is 5.01. The first-order valence-corrected chi connectivity index (χ1v) is 8.13. The predicted molar refractivity (Wildman–Crippen MR) is 92.1 cm³/mol. The van der Waals surface area contributed by atoms with Gasteiger partial charge in [0.15, 0.2) is 10.9 Å². The van der Waals surface area contributed by atoms with Gasteiger partial charge in [0, 0.05) is 17.5 Å². The zero-order valence-electron chi connectivity index (χ0n) is 12.4. The Labute approximate surface area is 138 Å². The Balaban J connectivity index is 1.52. The van der Waals surface area contributed by atoms with E-state index in [0.717, 1.165) is 41.5 Å². The van der Waals surface area contributed by atoms with Crippen LogP contribution in [0.5, 0.6) is 0 Å². The summed E-state index contributed by atoms with van der Waals surface area (Å²) in [5.74, 6) is 0.267. The quantitative estimate of drug-likeness (QED) is 0.605. The molecule has 0 radical (unpaired) electrons. The number of nitrogen functional groups attached to an aromatic ring is 1. The van der Waals surface area contributed by atoms with Gasteiger partial charge >= 0.3 is 0 Å². The van der Waals surface area contributed by atoms with Crippen LogP contribution < -0.4 is 11.1 Å². The number of H-pyrrole nitrogens is 1. The molecule has 3 rings (SSSR count). The number of nitrogens with zero attached hydrogens (tertiary/aromatic N) is 3. The minimum Gasteiger partial charge on any atom is -0.381 e. The summed E-state index contributed by atoms with van der Waals surface area (Å²) in [6, 6.07) is 12.2. The van der Waals surface area contributed by atoms with Gasteiger partial charge in [-0.3, -0.25) is 5.10 Å². The van der Waals surface area contributed by atoms with Gasteiger partial charge in [0.25, 0.3) is 0 Å². The summed E-state index contributed by atoms with van der Waals surface area (Å²) in [7, 11) is 0. The van der Waals surface area contributed by atoms with Gasteiger partial charge in [-0.15, -0.1) is 11.3 Å². The zero-order chi connectivity index (χ0) is 16.1. The van der Waals surface area contributed by atoms with E-state index in [4.69, 9.17) is 11.0 Å². The molecule has 0 unspecified atom stereocenters. The predicted octanol–water partition coefficient (Wildman–Crippen LogP) is 3.03. The van der Waals surface area contributed by atoms with E-state index in [-0.39, 0.29) is 5.82 Å². The third-order valence-corrected chi connectivity index (χ3v) is 4.23. The minimum atomic E-state index is 0.267. The van der Waals surface area contributed by atoms with Gasteiger partial charge in [0.2, 0.25) is 0 Å². The van der Waals surface area contributed by atoms with E-state index in [1.165, 1.54) is 0 Å². The molecule has 0 aliphatic carbocycles. The fourth-order valence-corrected chi connectivity index (χ4v) is 3.01. The molecule has 23 heavy (non-hydrogen) atoms. The molecule has 2 heterocycles. The summed E-state index contributed by atoms with van der Waals surface area (Å²) in [5.41, 5.74) is 8.95. The molecule has 0 bridgehead atoms. The van der Waals surface area contributed by atoms with Crippen molar-refractivity contribution in [2.75, 3.05) is 17.6 Å². The van der Waals surface area contributed by atoms with Crippen molar-refractivity contribution in [3.63, 3.8) is 0 Å². The Hall–Kier alpha value is -2.85. The Morgan fingerprint density at radius 2 is 2.13 bits per heavy atom. The van der Waals surface area contributed by atoms with Crippen molar-refractivity contribution in [2.24, 2.45) is 0 Å². The fraction of sp³-hybridized carbons (Fsp3) is 0.188. The number of aromatic amines is 1. The fourth-order valence-electron chi connectivity index (χ4n) is 2.26. The molecule has 0 aliphatic heterocycles. The molecule has 0 fully saturated rings. The molecular weight excluding hydrogens is 308 g/mol. The van der Waals surface area contributed by atoms with Crippen LogP contribution in [0.25, 0.3) is 11.3 Å². The highest BCUT2D eigenvalue weighted by atomic mass is 32.1. The number of rotatable bonds is 6. The first-order chi connectivity index (χ1) is 11.3. The van der Waals surface area contributed by atoms with Crippen LogP contribution in [0.4, 0.5) is 10.9 Å². The zero-order valence-corrected chi connectivity index (χ0v) is 13.2. The average Bonchev–Trinajstić information content (AvgIpc) is 3.19. The Morgan fingerprint density at radius 1 is 1.30 bits per heavy atom. The number of anilines is 2. The molecule has 7 heteroatoms. The van der Waals surface area contributed by atoms with Crippen LogP contribution in [0, 0.1) is 11.3 Å². The van der Waals surface area contributed by atoms with Crippen LogP contribution in [0.2, 0.25) is 0 Å². The van der Waals surface area contributed by atoms with Crippen molar-refractivity contribution < 1.29 is 0 Å². The maximum absolute atomic E-state index is 9.02. The third-order valence-electron chi connectivity index (χ3n) is 3.43. The molecule has 0 saturated heterocycles. The minimum absolute atomic E-state index is 0.267. The number of nitrogens with two attached hydrogens (primary N) is 1. The van der Waals surface area contributed by atoms with Gasteiger partial charge in [-0.2, -0.15) is 10.4 Å². The lowest BCUT2D eigenvalue weighted by Crippen LogP contribution is -2.03. The van der Waals surface area contributed by atoms with Crippen LogP contribution in [0.3, 0.4) is 0 Å². The van der Waals surface area contributed by atoms with Crippen molar-refractivity contribution in [3.05, 3.63) is 47.0 Å². The maximum atomic E-state index is 9.02. The number of nitriles is 1. The van der Waals surface area contributed by atoms with E-state index < -0.39 is 0 Å². The Kier molecular flexibility index (Phi) is 4.54. The highest BCUT2D eigenvalue weighted by Crippen LogP contribution is 2.24. The standard InChI is InChI=1S/C16H16N6S/c17-9-12-13(21-22-15(12)18)7-4-8-19-16-20-14(10-23-16)11-5-2-1-3-6-11/h1-3,5-6,10H,4,7-8H2,(H,19,20)(H3,18,21,22). The average molecular weight is 324 g/mol. The molecule has 2 aromatic heterocycles. The molecule has 3 aromatic rings. The SMILES string of the molecule is N#Cc1c(N)n[nH]c1CCCNc1nc(-c2ccccc2)cs1. The van der Waals surface area contributed by atoms with E-state index in [1.54, 1.807) is 11.3 Å². The summed E-state index contributed by atoms with van der Waals surface area (Å²) in [5, 5.41) is 21.9. The highest BCUT2D eigenvalue weighted by Gasteiger charge is 2.09. The monoisotopic (exact) mass is 324 g/mol. The highest BCUT2D eigenvalue weighted by molar-refractivity contribution is 7.14. The number of nitrogens with one attached hydrogen (secondary N) is 2. The summed E-state index contributed by atoms with van der Waals surface area (Å²) < 4.78 is 0. The van der Waals surface area contributed by atoms with Crippen molar-refractivity contribution in [2.45, 2.75) is 12.8 Å². The molecule has 0 aliphatic rings. The molecule has 116 valence electrons. The van der Waals surface area contributed by atoms with E-state index >= 15 is 0 Å². The van der Waals surface area contributed by atoms with Gasteiger partial charge in [-0.1, -0.05) is 30.3 Å². The second-order valence-corrected chi connectivity index (χ2v) is 5.87. The molecule has 0 atom stereocenters. The summed E-state index contributed by atoms with van der Waals surface area (Å²) in [4.78, 5) is 4.58. The number of aryl methyl sites for hydroxylation is 1. The van der Waals surface area contributed by atoms with E-state index in [9.17, 15) is 0 Å². The molecular formula is C16H16N6S. The Morgan fingerprint density at radius 3 is 2.91 bits per heavy atom. The lowest BCUT2D eigenvalue weighted by molar-refractivity contribution is 0.824. The van der Waals surface area contributed by atoms with Crippen LogP contribution in [0.1, 0.15) is 17.7 Å². The molecule has 0 amide bonds. The van der Waals surface area contributed by atoms with E-state index in [2.05, 4.69) is 26.6 Å². The van der Waals surface area contributed by atoms with Gasteiger partial charge in [0.05, 0.1) is 11.4 Å². The van der Waals surface area contributed by atoms with E-state index in [0.29, 0.717) is 5.56 Å². The number of hydrogen-bond donors (Lipinski definition) is 3. The summed E-state index contributed by atoms with van der Waals surface area (Å²) in [6.07, 6.45) is 1.58. The smallest absolute Gasteiger partial charge is 0.183 e. The first-order valence-electron chi connectivity index (χ1n) is 7.25. The normalized spacial score (nSPS) is 10.4. The van der Waals surface area contributed by atoms with Crippen LogP contribution in [-0.4, -0.2) is 21.7 Å². The third kappa shape index (κ3) is 3.49. The molecule has 4 N–H and O–H groups in total. The summed E-state index contributed by atoms with van der Waals surface area (Å²) in [6.45, 7) is 0.769. The molecule has 0 spiro atoms. The number of aromatic nitrogens is 3. The Bertz CT molecular complexity index is 815. The van der Waals surface area contributed by atoms with Crippen molar-refractivity contribution in [3.8, 4) is 17.3 Å². The van der Waals surface area contributed by atoms with Gasteiger partial charge in [-0.05, 0) is 12.8 Å². The second kappa shape index (κ2) is 6.94. The molecule has 1 aromatic carbocycles. The number of hydrogen-bond acceptors (Lipinski definition) is 6. The lowest BCUT2D eigenvalue weighted by Gasteiger charge is -2.02. The topological polar surface area (TPSA) is 103 Å². The van der Waals surface area contributed by atoms with Crippen LogP contribution >= 0.6 is 11.3 Å². The van der Waals surface area contributed by atoms with Crippen molar-refractivity contribution in [1.29, 1.82) is 5.26 Å². The van der Waals surface area contributed by atoms with Gasteiger partial charge in [-0.25, -0.2) is 4.98 Å². The van der Waals surface area contributed by atoms with E-state index in [1.807, 2.05) is 35.7 Å².